The van der Waals surface area contributed by atoms with Crippen molar-refractivity contribution in [3.8, 4) is 11.5 Å². The molecule has 5 heteroatoms. The number of benzene rings is 1. The number of ether oxygens (including phenoxy) is 2. The number of carbonyl (C=O) groups is 2. The Balaban J connectivity index is 1.43. The van der Waals surface area contributed by atoms with Crippen LogP contribution in [0, 0.1) is 5.92 Å². The minimum absolute atomic E-state index is 0.0354. The van der Waals surface area contributed by atoms with Crippen LogP contribution in [0.5, 0.6) is 11.5 Å². The lowest BCUT2D eigenvalue weighted by Crippen LogP contribution is -2.11. The van der Waals surface area contributed by atoms with E-state index in [2.05, 4.69) is 4.98 Å². The fourth-order valence-corrected chi connectivity index (χ4v) is 2.17. The third kappa shape index (κ3) is 4.91. The van der Waals surface area contributed by atoms with E-state index < -0.39 is 5.97 Å². The highest BCUT2D eigenvalue weighted by atomic mass is 16.5. The second-order valence-electron chi connectivity index (χ2n) is 5.86. The molecule has 0 radical (unpaired) electrons. The van der Waals surface area contributed by atoms with Crippen LogP contribution < -0.4 is 9.47 Å². The average molecular weight is 325 g/mol. The summed E-state index contributed by atoms with van der Waals surface area (Å²) < 4.78 is 10.9. The lowest BCUT2D eigenvalue weighted by Gasteiger charge is -2.07. The molecule has 3 rings (SSSR count). The molecule has 0 amide bonds. The van der Waals surface area contributed by atoms with Crippen molar-refractivity contribution in [2.45, 2.75) is 25.7 Å². The average Bonchev–Trinajstić information content (AvgIpc) is 3.44. The zero-order valence-electron chi connectivity index (χ0n) is 13.3. The molecule has 1 aromatic carbocycles. The molecule has 1 aromatic heterocycles. The van der Waals surface area contributed by atoms with Gasteiger partial charge in [0.15, 0.2) is 5.78 Å². The van der Waals surface area contributed by atoms with Gasteiger partial charge in [-0.05, 0) is 55.2 Å². The lowest BCUT2D eigenvalue weighted by molar-refractivity contribution is -0.134. The van der Waals surface area contributed by atoms with E-state index in [1.54, 1.807) is 42.6 Å². The van der Waals surface area contributed by atoms with Crippen molar-refractivity contribution in [1.82, 2.24) is 4.98 Å². The molecule has 0 spiro atoms. The van der Waals surface area contributed by atoms with Crippen molar-refractivity contribution in [1.29, 1.82) is 0 Å². The van der Waals surface area contributed by atoms with Gasteiger partial charge in [-0.1, -0.05) is 0 Å². The Hall–Kier alpha value is -2.69. The molecule has 1 saturated carbocycles. The van der Waals surface area contributed by atoms with Gasteiger partial charge in [-0.15, -0.1) is 0 Å². The summed E-state index contributed by atoms with van der Waals surface area (Å²) in [5.74, 6) is 1.36. The molecule has 0 N–H and O–H groups in total. The van der Waals surface area contributed by atoms with Crippen molar-refractivity contribution < 1.29 is 19.1 Å². The van der Waals surface area contributed by atoms with E-state index in [4.69, 9.17) is 9.47 Å². The van der Waals surface area contributed by atoms with Gasteiger partial charge in [0.1, 0.15) is 11.5 Å². The summed E-state index contributed by atoms with van der Waals surface area (Å²) in [6.45, 7) is 0.746. The predicted molar refractivity (Wildman–Crippen MR) is 88.1 cm³/mol. The van der Waals surface area contributed by atoms with Crippen LogP contribution in [0.2, 0.25) is 0 Å². The minimum Gasteiger partial charge on any atom is -0.493 e. The number of ketones is 1. The van der Waals surface area contributed by atoms with E-state index in [-0.39, 0.29) is 18.6 Å². The summed E-state index contributed by atoms with van der Waals surface area (Å²) >= 11 is 0. The van der Waals surface area contributed by atoms with E-state index in [1.807, 2.05) is 0 Å². The summed E-state index contributed by atoms with van der Waals surface area (Å²) in [7, 11) is 0. The number of esters is 1. The number of nitrogens with zero attached hydrogens (tertiary/aromatic N) is 1. The molecule has 124 valence electrons. The highest BCUT2D eigenvalue weighted by molar-refractivity contribution is 5.97. The number of hydrogen-bond donors (Lipinski definition) is 0. The van der Waals surface area contributed by atoms with Gasteiger partial charge in [-0.2, -0.15) is 0 Å². The topological polar surface area (TPSA) is 65.5 Å². The Morgan fingerprint density at radius 2 is 1.79 bits per heavy atom. The number of pyridine rings is 1. The Bertz CT molecular complexity index is 693. The van der Waals surface area contributed by atoms with Crippen LogP contribution in [0.25, 0.3) is 0 Å². The molecule has 2 aromatic rings. The van der Waals surface area contributed by atoms with Crippen LogP contribution in [0.3, 0.4) is 0 Å². The predicted octanol–water partition coefficient (Wildman–Crippen LogP) is 3.44. The van der Waals surface area contributed by atoms with Crippen LogP contribution in [0.1, 0.15) is 36.0 Å². The second kappa shape index (κ2) is 7.73. The van der Waals surface area contributed by atoms with Crippen LogP contribution in [0.4, 0.5) is 0 Å². The highest BCUT2D eigenvalue weighted by Gasteiger charge is 2.21. The first-order valence-corrected chi connectivity index (χ1v) is 8.07. The van der Waals surface area contributed by atoms with Gasteiger partial charge in [0, 0.05) is 24.4 Å². The van der Waals surface area contributed by atoms with E-state index in [0.29, 0.717) is 17.2 Å². The number of carbonyl (C=O) groups excluding carboxylic acids is 2. The van der Waals surface area contributed by atoms with Crippen LogP contribution >= 0.6 is 0 Å². The molecule has 1 fully saturated rings. The molecule has 0 bridgehead atoms. The first-order chi connectivity index (χ1) is 11.7. The summed E-state index contributed by atoms with van der Waals surface area (Å²) in [4.78, 5) is 27.6. The highest BCUT2D eigenvalue weighted by Crippen LogP contribution is 2.29. The molecule has 1 heterocycles. The van der Waals surface area contributed by atoms with Crippen molar-refractivity contribution in [2.75, 3.05) is 6.61 Å². The number of aromatic nitrogens is 1. The number of Topliss-reactive ketones (excluding diaryl/α,β-unsaturated/α-hetero) is 1. The first-order valence-electron chi connectivity index (χ1n) is 8.07. The Kier molecular flexibility index (Phi) is 5.21. The normalized spacial score (nSPS) is 13.3. The van der Waals surface area contributed by atoms with Gasteiger partial charge in [0.2, 0.25) is 0 Å². The van der Waals surface area contributed by atoms with Gasteiger partial charge >= 0.3 is 5.97 Å². The molecule has 1 aliphatic carbocycles. The molecular weight excluding hydrogens is 306 g/mol. The SMILES string of the molecule is O=C(CCC(=O)c1cccnc1)Oc1ccc(OCC2CC2)cc1. The molecule has 5 nitrogen and oxygen atoms in total. The summed E-state index contributed by atoms with van der Waals surface area (Å²) in [5, 5.41) is 0. The summed E-state index contributed by atoms with van der Waals surface area (Å²) in [5.41, 5.74) is 0.502. The summed E-state index contributed by atoms with van der Waals surface area (Å²) in [6.07, 6.45) is 5.72. The van der Waals surface area contributed by atoms with Crippen molar-refractivity contribution >= 4 is 11.8 Å². The zero-order valence-corrected chi connectivity index (χ0v) is 13.3. The van der Waals surface area contributed by atoms with E-state index in [9.17, 15) is 9.59 Å². The van der Waals surface area contributed by atoms with E-state index in [0.717, 1.165) is 12.4 Å². The van der Waals surface area contributed by atoms with Gasteiger partial charge in [-0.3, -0.25) is 14.6 Å². The minimum atomic E-state index is -0.432. The van der Waals surface area contributed by atoms with Crippen LogP contribution in [-0.2, 0) is 4.79 Å². The second-order valence-corrected chi connectivity index (χ2v) is 5.86. The fourth-order valence-electron chi connectivity index (χ4n) is 2.17. The largest absolute Gasteiger partial charge is 0.493 e. The Labute approximate surface area is 140 Å². The van der Waals surface area contributed by atoms with Gasteiger partial charge in [0.25, 0.3) is 0 Å². The van der Waals surface area contributed by atoms with Gasteiger partial charge in [0.05, 0.1) is 13.0 Å². The van der Waals surface area contributed by atoms with Crippen LogP contribution in [-0.4, -0.2) is 23.3 Å². The van der Waals surface area contributed by atoms with Crippen molar-refractivity contribution in [3.05, 3.63) is 54.4 Å². The third-order valence-corrected chi connectivity index (χ3v) is 3.78. The maximum atomic E-state index is 11.9. The van der Waals surface area contributed by atoms with Gasteiger partial charge < -0.3 is 9.47 Å². The first kappa shape index (κ1) is 16.2. The number of rotatable bonds is 8. The molecular formula is C19H19NO4. The molecule has 0 atom stereocenters. The zero-order chi connectivity index (χ0) is 16.8. The Morgan fingerprint density at radius 1 is 1.04 bits per heavy atom. The third-order valence-electron chi connectivity index (χ3n) is 3.78. The Morgan fingerprint density at radius 3 is 2.46 bits per heavy atom. The van der Waals surface area contributed by atoms with E-state index >= 15 is 0 Å². The van der Waals surface area contributed by atoms with Crippen LogP contribution in [0.15, 0.2) is 48.8 Å². The smallest absolute Gasteiger partial charge is 0.311 e. The molecule has 24 heavy (non-hydrogen) atoms. The quantitative estimate of drug-likeness (QED) is 0.422. The van der Waals surface area contributed by atoms with E-state index in [1.165, 1.54) is 19.0 Å². The maximum Gasteiger partial charge on any atom is 0.311 e. The fraction of sp³-hybridized carbons (Fsp3) is 0.316. The molecule has 1 aliphatic rings. The van der Waals surface area contributed by atoms with Crippen molar-refractivity contribution in [3.63, 3.8) is 0 Å². The molecule has 0 aliphatic heterocycles. The molecule has 0 unspecified atom stereocenters. The number of hydrogen-bond acceptors (Lipinski definition) is 5. The maximum absolute atomic E-state index is 11.9. The summed E-state index contributed by atoms with van der Waals surface area (Å²) in [6, 6.07) is 10.3. The monoisotopic (exact) mass is 325 g/mol. The van der Waals surface area contributed by atoms with Gasteiger partial charge in [-0.25, -0.2) is 0 Å². The standard InChI is InChI=1S/C19H19NO4/c21-18(15-2-1-11-20-12-15)9-10-19(22)24-17-7-5-16(6-8-17)23-13-14-3-4-14/h1-2,5-8,11-12,14H,3-4,9-10,13H2. The molecule has 0 saturated heterocycles. The lowest BCUT2D eigenvalue weighted by atomic mass is 10.1. The van der Waals surface area contributed by atoms with Crippen molar-refractivity contribution in [2.24, 2.45) is 5.92 Å².